The quantitative estimate of drug-likeness (QED) is 0.180. The number of aldehydes is 1. The molecule has 0 saturated carbocycles. The number of hydrogen-bond donors (Lipinski definition) is 1. The Labute approximate surface area is 304 Å². The predicted octanol–water partition coefficient (Wildman–Crippen LogP) is 13.6. The lowest BCUT2D eigenvalue weighted by Crippen LogP contribution is -1.78. The fraction of sp³-hybridized carbons (Fsp3) is 0.0233. The van der Waals surface area contributed by atoms with E-state index >= 15 is 0 Å². The van der Waals surface area contributed by atoms with Crippen LogP contribution in [0.2, 0.25) is 0 Å². The number of benzene rings is 6. The molecule has 11 aromatic rings. The molecule has 51 heavy (non-hydrogen) atoms. The summed E-state index contributed by atoms with van der Waals surface area (Å²) in [7, 11) is 0. The Morgan fingerprint density at radius 3 is 1.88 bits per heavy atom. The van der Waals surface area contributed by atoms with Gasteiger partial charge in [-0.25, -0.2) is 4.98 Å². The molecule has 0 bridgehead atoms. The van der Waals surface area contributed by atoms with E-state index in [2.05, 4.69) is 66.7 Å². The topological polar surface area (TPSA) is 82.3 Å². The van der Waals surface area contributed by atoms with Crippen LogP contribution in [0.4, 0.5) is 5.00 Å². The van der Waals surface area contributed by atoms with Crippen molar-refractivity contribution in [2.45, 2.75) is 7.43 Å². The van der Waals surface area contributed by atoms with Crippen molar-refractivity contribution in [3.8, 4) is 10.6 Å². The monoisotopic (exact) mass is 718 g/mol. The number of aromatic nitrogens is 1. The first-order valence-corrected chi connectivity index (χ1v) is 18.4. The van der Waals surface area contributed by atoms with Gasteiger partial charge < -0.3 is 14.6 Å². The molecule has 248 valence electrons. The third-order valence-corrected chi connectivity index (χ3v) is 11.8. The first-order chi connectivity index (χ1) is 24.6. The molecule has 5 nitrogen and oxygen atoms in total. The number of hydrogen-bond acceptors (Lipinski definition) is 8. The van der Waals surface area contributed by atoms with Crippen LogP contribution in [-0.4, -0.2) is 11.3 Å². The van der Waals surface area contributed by atoms with Crippen LogP contribution in [0.1, 0.15) is 17.8 Å². The lowest BCUT2D eigenvalue weighted by molar-refractivity contribution is 0.112. The Hall–Kier alpha value is -5.80. The van der Waals surface area contributed by atoms with Gasteiger partial charge in [-0.2, -0.15) is 0 Å². The van der Waals surface area contributed by atoms with Crippen molar-refractivity contribution in [2.75, 3.05) is 5.73 Å². The number of anilines is 1. The van der Waals surface area contributed by atoms with E-state index < -0.39 is 0 Å². The Kier molecular flexibility index (Phi) is 8.57. The number of nitrogen functional groups attached to an aromatic ring is 1. The number of thiazole rings is 1. The molecule has 6 aromatic carbocycles. The van der Waals surface area contributed by atoms with Crippen LogP contribution in [0.3, 0.4) is 0 Å². The smallest absolute Gasteiger partial charge is 0.153 e. The van der Waals surface area contributed by atoms with Gasteiger partial charge in [0.2, 0.25) is 0 Å². The van der Waals surface area contributed by atoms with E-state index in [0.29, 0.717) is 11.1 Å². The van der Waals surface area contributed by atoms with Crippen molar-refractivity contribution in [2.24, 2.45) is 0 Å². The van der Waals surface area contributed by atoms with Crippen molar-refractivity contribution in [3.05, 3.63) is 145 Å². The maximum Gasteiger partial charge on any atom is 0.153 e. The normalized spacial score (nSPS) is 11.1. The van der Waals surface area contributed by atoms with Crippen LogP contribution in [0.15, 0.2) is 148 Å². The van der Waals surface area contributed by atoms with Gasteiger partial charge in [0.15, 0.2) is 6.29 Å². The summed E-state index contributed by atoms with van der Waals surface area (Å²) in [5.74, 6) is 0. The first kappa shape index (κ1) is 32.4. The van der Waals surface area contributed by atoms with Gasteiger partial charge in [-0.15, -0.1) is 34.0 Å². The van der Waals surface area contributed by atoms with Crippen molar-refractivity contribution in [1.82, 2.24) is 4.98 Å². The minimum atomic E-state index is 0. The molecule has 0 aliphatic carbocycles. The zero-order valence-electron chi connectivity index (χ0n) is 26.3. The number of furan rings is 2. The molecule has 0 spiro atoms. The highest BCUT2D eigenvalue weighted by molar-refractivity contribution is 7.33. The summed E-state index contributed by atoms with van der Waals surface area (Å²) in [5, 5.41) is 8.80. The second-order valence-electron chi connectivity index (χ2n) is 11.7. The Morgan fingerprint density at radius 2 is 1.16 bits per heavy atom. The van der Waals surface area contributed by atoms with Crippen LogP contribution >= 0.6 is 34.0 Å². The highest BCUT2D eigenvalue weighted by Gasteiger charge is 2.17. The lowest BCUT2D eigenvalue weighted by Gasteiger charge is -1.97. The van der Waals surface area contributed by atoms with Crippen LogP contribution in [-0.2, 0) is 0 Å². The van der Waals surface area contributed by atoms with Crippen LogP contribution < -0.4 is 5.73 Å². The molecule has 0 radical (unpaired) electrons. The molecule has 0 amide bonds. The van der Waals surface area contributed by atoms with E-state index in [4.69, 9.17) is 19.6 Å². The number of para-hydroxylation sites is 4. The second-order valence-corrected chi connectivity index (χ2v) is 14.8. The molecule has 0 saturated heterocycles. The third-order valence-electron chi connectivity index (χ3n) is 8.58. The second kappa shape index (κ2) is 13.5. The molecule has 0 atom stereocenters. The fourth-order valence-corrected chi connectivity index (χ4v) is 9.49. The summed E-state index contributed by atoms with van der Waals surface area (Å²) in [6.07, 6.45) is 0.824. The fourth-order valence-electron chi connectivity index (χ4n) is 6.29. The zero-order valence-corrected chi connectivity index (χ0v) is 28.8. The minimum Gasteiger partial charge on any atom is -0.455 e. The zero-order chi connectivity index (χ0) is 33.6. The summed E-state index contributed by atoms with van der Waals surface area (Å²) in [6.45, 7) is 0. The Balaban J connectivity index is 0.000000122. The SMILES string of the molecule is C.Nc1cc2ccccc2s1.O=Cc1cccc2c1oc1ccccc12.c1ccc2c(c1)oc1c(-c3nc4sc5ccccc5c4s3)cccc12. The van der Waals surface area contributed by atoms with Crippen molar-refractivity contribution in [3.63, 3.8) is 0 Å². The predicted molar refractivity (Wildman–Crippen MR) is 220 cm³/mol. The highest BCUT2D eigenvalue weighted by atomic mass is 32.1. The van der Waals surface area contributed by atoms with Gasteiger partial charge in [0.05, 0.1) is 20.8 Å². The summed E-state index contributed by atoms with van der Waals surface area (Å²) < 4.78 is 15.6. The van der Waals surface area contributed by atoms with Crippen molar-refractivity contribution in [1.29, 1.82) is 0 Å². The molecular weight excluding hydrogens is 689 g/mol. The van der Waals surface area contributed by atoms with E-state index in [9.17, 15) is 4.79 Å². The first-order valence-electron chi connectivity index (χ1n) is 15.9. The van der Waals surface area contributed by atoms with Gasteiger partial charge in [0.25, 0.3) is 0 Å². The van der Waals surface area contributed by atoms with Gasteiger partial charge in [-0.05, 0) is 47.9 Å². The summed E-state index contributed by atoms with van der Waals surface area (Å²) in [6, 6.07) is 46.6. The maximum atomic E-state index is 10.8. The molecule has 0 fully saturated rings. The van der Waals surface area contributed by atoms with E-state index in [0.717, 1.165) is 65.0 Å². The number of thiophene rings is 2. The lowest BCUT2D eigenvalue weighted by atomic mass is 10.1. The molecule has 8 heteroatoms. The summed E-state index contributed by atoms with van der Waals surface area (Å²) >= 11 is 5.14. The van der Waals surface area contributed by atoms with Crippen molar-refractivity contribution < 1.29 is 13.6 Å². The van der Waals surface area contributed by atoms with Gasteiger partial charge >= 0.3 is 0 Å². The van der Waals surface area contributed by atoms with Gasteiger partial charge in [-0.3, -0.25) is 4.79 Å². The van der Waals surface area contributed by atoms with E-state index in [-0.39, 0.29) is 7.43 Å². The minimum absolute atomic E-state index is 0. The summed E-state index contributed by atoms with van der Waals surface area (Å²) in [4.78, 5) is 16.9. The third kappa shape index (κ3) is 5.83. The summed E-state index contributed by atoms with van der Waals surface area (Å²) in [5.41, 5.74) is 10.6. The van der Waals surface area contributed by atoms with E-state index in [1.165, 1.54) is 24.9 Å². The molecule has 2 N–H and O–H groups in total. The number of fused-ring (bicyclic) bond motifs is 10. The molecular formula is C43H30N2O3S3. The number of carbonyl (C=O) groups excluding carboxylic acids is 1. The van der Waals surface area contributed by atoms with Gasteiger partial charge in [-0.1, -0.05) is 104 Å². The number of nitrogens with zero attached hydrogens (tertiary/aromatic N) is 1. The highest BCUT2D eigenvalue weighted by Crippen LogP contribution is 2.43. The number of carbonyl (C=O) groups is 1. The average molecular weight is 719 g/mol. The molecule has 11 rings (SSSR count). The van der Waals surface area contributed by atoms with Gasteiger partial charge in [0, 0.05) is 36.3 Å². The standard InChI is InChI=1S/C21H11NOS2.C13H8O2.C8H7NS.CH4/c1-3-10-16-12(6-1)13-8-5-9-15(18(13)23-16)20-22-21-19(25-20)14-7-2-4-11-17(14)24-21;14-8-9-4-3-6-11-10-5-1-2-7-12(10)15-13(9)11;9-8-5-6-3-1-2-4-7(6)10-8;/h1-11H;1-8H;1-5H,9H2;1H4. The molecule has 0 aliphatic heterocycles. The van der Waals surface area contributed by atoms with Gasteiger partial charge in [0.1, 0.15) is 32.2 Å². The largest absolute Gasteiger partial charge is 0.455 e. The Bertz CT molecular complexity index is 2960. The number of nitrogens with two attached hydrogens (primary N) is 1. The Morgan fingerprint density at radius 1 is 0.569 bits per heavy atom. The number of rotatable bonds is 2. The molecule has 5 heterocycles. The molecule has 0 aliphatic rings. The molecule has 0 unspecified atom stereocenters. The van der Waals surface area contributed by atoms with Crippen molar-refractivity contribution >= 4 is 119 Å². The maximum absolute atomic E-state index is 10.8. The average Bonchev–Trinajstić information content (AvgIpc) is 3.97. The van der Waals surface area contributed by atoms with Crippen LogP contribution in [0.5, 0.6) is 0 Å². The molecule has 5 aromatic heterocycles. The van der Waals surface area contributed by atoms with E-state index in [1.54, 1.807) is 40.1 Å². The van der Waals surface area contributed by atoms with E-state index in [1.807, 2.05) is 66.7 Å². The van der Waals surface area contributed by atoms with Crippen LogP contribution in [0.25, 0.3) is 84.2 Å². The van der Waals surface area contributed by atoms with Crippen LogP contribution in [0, 0.1) is 0 Å².